The number of rotatable bonds is 9. The van der Waals surface area contributed by atoms with E-state index in [4.69, 9.17) is 16.7 Å². The first-order valence-electron chi connectivity index (χ1n) is 7.23. The van der Waals surface area contributed by atoms with Crippen LogP contribution in [0.5, 0.6) is 0 Å². The lowest BCUT2D eigenvalue weighted by Crippen LogP contribution is -2.24. The van der Waals surface area contributed by atoms with Crippen molar-refractivity contribution in [1.82, 2.24) is 10.3 Å². The third kappa shape index (κ3) is 6.35. The average molecular weight is 299 g/mol. The van der Waals surface area contributed by atoms with Gasteiger partial charge in [-0.3, -0.25) is 4.79 Å². The lowest BCUT2D eigenvalue weighted by Gasteiger charge is -2.07. The molecular weight excluding hydrogens is 276 g/mol. The molecule has 0 bridgehead atoms. The van der Waals surface area contributed by atoms with Crippen molar-refractivity contribution >= 4 is 17.5 Å². The minimum Gasteiger partial charge on any atom is -0.396 e. The molecule has 1 aromatic heterocycles. The summed E-state index contributed by atoms with van der Waals surface area (Å²) < 4.78 is 0. The van der Waals surface area contributed by atoms with Gasteiger partial charge in [0.1, 0.15) is 5.15 Å². The highest BCUT2D eigenvalue weighted by molar-refractivity contribution is 6.29. The van der Waals surface area contributed by atoms with Crippen LogP contribution < -0.4 is 5.32 Å². The van der Waals surface area contributed by atoms with E-state index >= 15 is 0 Å². The van der Waals surface area contributed by atoms with Crippen molar-refractivity contribution in [2.45, 2.75) is 45.4 Å². The normalized spacial score (nSPS) is 10.6. The molecule has 0 saturated carbocycles. The molecule has 112 valence electrons. The third-order valence-corrected chi connectivity index (χ3v) is 3.18. The topological polar surface area (TPSA) is 62.2 Å². The molecule has 20 heavy (non-hydrogen) atoms. The Hall–Kier alpha value is -1.13. The maximum absolute atomic E-state index is 12.0. The number of hydrogen-bond acceptors (Lipinski definition) is 3. The molecule has 0 aliphatic heterocycles. The van der Waals surface area contributed by atoms with E-state index in [1.807, 2.05) is 0 Å². The first-order chi connectivity index (χ1) is 9.67. The molecule has 0 saturated heterocycles. The molecule has 0 aliphatic carbocycles. The van der Waals surface area contributed by atoms with E-state index in [1.54, 1.807) is 12.1 Å². The number of pyridine rings is 1. The monoisotopic (exact) mass is 298 g/mol. The molecule has 0 atom stereocenters. The number of carbonyl (C=O) groups is 1. The zero-order valence-electron chi connectivity index (χ0n) is 12.0. The van der Waals surface area contributed by atoms with Crippen molar-refractivity contribution < 1.29 is 9.90 Å². The summed E-state index contributed by atoms with van der Waals surface area (Å²) in [7, 11) is 0. The van der Waals surface area contributed by atoms with Crippen LogP contribution in [0.15, 0.2) is 12.1 Å². The number of hydrogen-bond donors (Lipinski definition) is 2. The second-order valence-corrected chi connectivity index (χ2v) is 5.20. The molecule has 1 heterocycles. The Morgan fingerprint density at radius 3 is 2.75 bits per heavy atom. The highest BCUT2D eigenvalue weighted by Gasteiger charge is 2.08. The van der Waals surface area contributed by atoms with Crippen molar-refractivity contribution in [3.63, 3.8) is 0 Å². The quantitative estimate of drug-likeness (QED) is 0.544. The predicted molar refractivity (Wildman–Crippen MR) is 81.1 cm³/mol. The second-order valence-electron chi connectivity index (χ2n) is 4.81. The lowest BCUT2D eigenvalue weighted by molar-refractivity contribution is 0.0952. The summed E-state index contributed by atoms with van der Waals surface area (Å²) in [4.78, 5) is 16.2. The van der Waals surface area contributed by atoms with Crippen LogP contribution in [0.3, 0.4) is 0 Å². The molecule has 0 radical (unpaired) electrons. The molecule has 0 aromatic carbocycles. The highest BCUT2D eigenvalue weighted by atomic mass is 35.5. The second kappa shape index (κ2) is 9.72. The SMILES string of the molecule is CCCc1cc(C(=O)NCCCCCCO)cc(Cl)n1. The van der Waals surface area contributed by atoms with E-state index in [9.17, 15) is 4.79 Å². The van der Waals surface area contributed by atoms with Crippen LogP contribution in [-0.2, 0) is 6.42 Å². The minimum atomic E-state index is -0.103. The molecule has 0 fully saturated rings. The Labute approximate surface area is 125 Å². The van der Waals surface area contributed by atoms with Crippen LogP contribution >= 0.6 is 11.6 Å². The van der Waals surface area contributed by atoms with Gasteiger partial charge in [0.05, 0.1) is 0 Å². The molecular formula is C15H23ClN2O2. The van der Waals surface area contributed by atoms with Gasteiger partial charge in [-0.2, -0.15) is 0 Å². The van der Waals surface area contributed by atoms with Crippen molar-refractivity contribution in [3.05, 3.63) is 28.5 Å². The molecule has 4 nitrogen and oxygen atoms in total. The number of aliphatic hydroxyl groups is 1. The number of halogens is 1. The van der Waals surface area contributed by atoms with Crippen LogP contribution in [0, 0.1) is 0 Å². The first kappa shape index (κ1) is 16.9. The third-order valence-electron chi connectivity index (χ3n) is 2.99. The standard InChI is InChI=1S/C15H23ClN2O2/c1-2-7-13-10-12(11-14(16)18-13)15(20)17-8-5-3-4-6-9-19/h10-11,19H,2-9H2,1H3,(H,17,20). The van der Waals surface area contributed by atoms with Crippen LogP contribution in [-0.4, -0.2) is 29.1 Å². The van der Waals surface area contributed by atoms with Crippen LogP contribution in [0.1, 0.15) is 55.1 Å². The van der Waals surface area contributed by atoms with Gasteiger partial charge in [0, 0.05) is 24.4 Å². The fourth-order valence-corrected chi connectivity index (χ4v) is 2.19. The fraction of sp³-hybridized carbons (Fsp3) is 0.600. The number of nitrogens with one attached hydrogen (secondary N) is 1. The Morgan fingerprint density at radius 2 is 2.05 bits per heavy atom. The molecule has 0 unspecified atom stereocenters. The number of unbranched alkanes of at least 4 members (excludes halogenated alkanes) is 3. The number of amides is 1. The van der Waals surface area contributed by atoms with E-state index in [0.29, 0.717) is 17.3 Å². The number of aryl methyl sites for hydroxylation is 1. The summed E-state index contributed by atoms with van der Waals surface area (Å²) in [6, 6.07) is 3.40. The summed E-state index contributed by atoms with van der Waals surface area (Å²) in [5.41, 5.74) is 1.43. The van der Waals surface area contributed by atoms with Crippen molar-refractivity contribution in [3.8, 4) is 0 Å². The van der Waals surface area contributed by atoms with Crippen molar-refractivity contribution in [2.75, 3.05) is 13.2 Å². The summed E-state index contributed by atoms with van der Waals surface area (Å²) >= 11 is 5.93. The smallest absolute Gasteiger partial charge is 0.251 e. The van der Waals surface area contributed by atoms with Gasteiger partial charge in [-0.25, -0.2) is 4.98 Å². The van der Waals surface area contributed by atoms with E-state index in [0.717, 1.165) is 44.2 Å². The van der Waals surface area contributed by atoms with Gasteiger partial charge in [-0.15, -0.1) is 0 Å². The van der Waals surface area contributed by atoms with Gasteiger partial charge < -0.3 is 10.4 Å². The van der Waals surface area contributed by atoms with Crippen LogP contribution in [0.25, 0.3) is 0 Å². The minimum absolute atomic E-state index is 0.103. The van der Waals surface area contributed by atoms with Gasteiger partial charge in [0.15, 0.2) is 0 Å². The lowest BCUT2D eigenvalue weighted by atomic mass is 10.1. The Bertz CT molecular complexity index is 424. The van der Waals surface area contributed by atoms with E-state index in [2.05, 4.69) is 17.2 Å². The molecule has 2 N–H and O–H groups in total. The summed E-state index contributed by atoms with van der Waals surface area (Å²) in [6.07, 6.45) is 5.55. The van der Waals surface area contributed by atoms with Gasteiger partial charge >= 0.3 is 0 Å². The van der Waals surface area contributed by atoms with Crippen molar-refractivity contribution in [1.29, 1.82) is 0 Å². The molecule has 1 aromatic rings. The zero-order chi connectivity index (χ0) is 14.8. The Morgan fingerprint density at radius 1 is 1.30 bits per heavy atom. The van der Waals surface area contributed by atoms with Gasteiger partial charge in [-0.05, 0) is 31.4 Å². The first-order valence-corrected chi connectivity index (χ1v) is 7.60. The van der Waals surface area contributed by atoms with Crippen LogP contribution in [0.4, 0.5) is 0 Å². The average Bonchev–Trinajstić information content (AvgIpc) is 2.42. The van der Waals surface area contributed by atoms with Gasteiger partial charge in [-0.1, -0.05) is 37.8 Å². The van der Waals surface area contributed by atoms with Crippen LogP contribution in [0.2, 0.25) is 5.15 Å². The molecule has 0 spiro atoms. The molecule has 1 amide bonds. The molecule has 5 heteroatoms. The maximum atomic E-state index is 12.0. The largest absolute Gasteiger partial charge is 0.396 e. The Kier molecular flexibility index (Phi) is 8.23. The van der Waals surface area contributed by atoms with E-state index in [-0.39, 0.29) is 12.5 Å². The molecule has 1 rings (SSSR count). The highest BCUT2D eigenvalue weighted by Crippen LogP contribution is 2.12. The Balaban J connectivity index is 2.42. The predicted octanol–water partition coefficient (Wildman–Crippen LogP) is 2.97. The number of nitrogens with zero attached hydrogens (tertiary/aromatic N) is 1. The fourth-order valence-electron chi connectivity index (χ4n) is 1.96. The summed E-state index contributed by atoms with van der Waals surface area (Å²) in [5.74, 6) is -0.103. The number of carbonyl (C=O) groups excluding carboxylic acids is 1. The van der Waals surface area contributed by atoms with E-state index in [1.165, 1.54) is 0 Å². The zero-order valence-corrected chi connectivity index (χ0v) is 12.7. The number of aliphatic hydroxyl groups excluding tert-OH is 1. The summed E-state index contributed by atoms with van der Waals surface area (Å²) in [6.45, 7) is 2.95. The van der Waals surface area contributed by atoms with Crippen molar-refractivity contribution in [2.24, 2.45) is 0 Å². The maximum Gasteiger partial charge on any atom is 0.251 e. The summed E-state index contributed by atoms with van der Waals surface area (Å²) in [5, 5.41) is 11.9. The van der Waals surface area contributed by atoms with Gasteiger partial charge in [0.25, 0.3) is 5.91 Å². The van der Waals surface area contributed by atoms with Gasteiger partial charge in [0.2, 0.25) is 0 Å². The van der Waals surface area contributed by atoms with E-state index < -0.39 is 0 Å². The molecule has 0 aliphatic rings. The number of aromatic nitrogens is 1.